The number of rotatable bonds is 1. The summed E-state index contributed by atoms with van der Waals surface area (Å²) < 4.78 is 76.6. The molecule has 0 radical (unpaired) electrons. The number of hydrogen-bond donors (Lipinski definition) is 0. The zero-order chi connectivity index (χ0) is 16.5. The van der Waals surface area contributed by atoms with Gasteiger partial charge in [0.05, 0.1) is 0 Å². The smallest absolute Gasteiger partial charge is 0.295 e. The van der Waals surface area contributed by atoms with Crippen LogP contribution in [0.25, 0.3) is 0 Å². The number of alkyl halides is 6. The fourth-order valence-electron chi connectivity index (χ4n) is 2.67. The minimum Gasteiger partial charge on any atom is -0.295 e. The third-order valence-electron chi connectivity index (χ3n) is 3.65. The molecule has 120 valence electrons. The summed E-state index contributed by atoms with van der Waals surface area (Å²) in [4.78, 5) is 11.6. The highest BCUT2D eigenvalue weighted by Gasteiger charge is 2.54. The second-order valence-electron chi connectivity index (χ2n) is 5.12. The Balaban J connectivity index is 2.46. The fraction of sp³-hybridized carbons (Fsp3) is 0.400. The first-order valence-electron chi connectivity index (χ1n) is 6.56. The van der Waals surface area contributed by atoms with Crippen LogP contribution in [0, 0.1) is 0 Å². The summed E-state index contributed by atoms with van der Waals surface area (Å²) in [5, 5.41) is 0. The third-order valence-corrected chi connectivity index (χ3v) is 3.65. The maximum absolute atomic E-state index is 12.8. The van der Waals surface area contributed by atoms with Gasteiger partial charge in [0, 0.05) is 12.0 Å². The summed E-state index contributed by atoms with van der Waals surface area (Å²) in [5.74, 6) is -1.59. The molecule has 1 nitrogen and oxygen atoms in total. The molecular formula is C15H12F6O. The molecule has 0 amide bonds. The molecule has 1 unspecified atom stereocenters. The van der Waals surface area contributed by atoms with E-state index in [9.17, 15) is 31.1 Å². The topological polar surface area (TPSA) is 17.1 Å². The highest BCUT2D eigenvalue weighted by Crippen LogP contribution is 2.45. The van der Waals surface area contributed by atoms with E-state index >= 15 is 0 Å². The molecule has 0 N–H and O–H groups in total. The van der Waals surface area contributed by atoms with Crippen LogP contribution in [0.5, 0.6) is 0 Å². The molecule has 0 aliphatic heterocycles. The van der Waals surface area contributed by atoms with E-state index in [-0.39, 0.29) is 12.8 Å². The number of benzene rings is 1. The lowest BCUT2D eigenvalue weighted by molar-refractivity contribution is -0.174. The molecule has 1 aromatic carbocycles. The second-order valence-corrected chi connectivity index (χ2v) is 5.12. The highest BCUT2D eigenvalue weighted by molar-refractivity contribution is 5.97. The minimum absolute atomic E-state index is 0.245. The summed E-state index contributed by atoms with van der Waals surface area (Å²) in [7, 11) is 0. The predicted octanol–water partition coefficient (Wildman–Crippen LogP) is 4.94. The summed E-state index contributed by atoms with van der Waals surface area (Å²) in [5.41, 5.74) is -3.18. The van der Waals surface area contributed by atoms with Gasteiger partial charge in [-0.15, -0.1) is 0 Å². The van der Waals surface area contributed by atoms with Gasteiger partial charge < -0.3 is 0 Å². The number of carbonyl (C=O) groups excluding carboxylic acids is 1. The van der Waals surface area contributed by atoms with Gasteiger partial charge in [-0.3, -0.25) is 4.79 Å². The average molecular weight is 322 g/mol. The molecule has 1 aliphatic rings. The summed E-state index contributed by atoms with van der Waals surface area (Å²) in [6.07, 6.45) is -11.8. The lowest BCUT2D eigenvalue weighted by atomic mass is 9.78. The number of carbonyl (C=O) groups is 1. The summed E-state index contributed by atoms with van der Waals surface area (Å²) in [6.45, 7) is 0. The Labute approximate surface area is 122 Å². The van der Waals surface area contributed by atoms with Gasteiger partial charge in [-0.1, -0.05) is 30.3 Å². The molecule has 1 atom stereocenters. The largest absolute Gasteiger partial charge is 0.421 e. The van der Waals surface area contributed by atoms with Crippen molar-refractivity contribution < 1.29 is 31.1 Å². The van der Waals surface area contributed by atoms with Crippen LogP contribution in [0.3, 0.4) is 0 Å². The van der Waals surface area contributed by atoms with Crippen LogP contribution in [0.15, 0.2) is 41.5 Å². The van der Waals surface area contributed by atoms with Crippen molar-refractivity contribution in [1.82, 2.24) is 0 Å². The lowest BCUT2D eigenvalue weighted by Crippen LogP contribution is -2.32. The van der Waals surface area contributed by atoms with Crippen LogP contribution in [-0.2, 0) is 4.79 Å². The van der Waals surface area contributed by atoms with Crippen LogP contribution in [0.1, 0.15) is 30.7 Å². The minimum atomic E-state index is -5.60. The number of hydrogen-bond acceptors (Lipinski definition) is 1. The number of ketones is 1. The quantitative estimate of drug-likeness (QED) is 0.528. The van der Waals surface area contributed by atoms with Crippen molar-refractivity contribution in [3.63, 3.8) is 0 Å². The molecule has 0 bridgehead atoms. The van der Waals surface area contributed by atoms with E-state index in [1.165, 1.54) is 0 Å². The van der Waals surface area contributed by atoms with Crippen LogP contribution in [-0.4, -0.2) is 18.1 Å². The normalized spacial score (nSPS) is 20.2. The third kappa shape index (κ3) is 3.51. The van der Waals surface area contributed by atoms with Gasteiger partial charge in [-0.05, 0) is 24.3 Å². The maximum Gasteiger partial charge on any atom is 0.421 e. The van der Waals surface area contributed by atoms with Crippen molar-refractivity contribution in [1.29, 1.82) is 0 Å². The van der Waals surface area contributed by atoms with Crippen LogP contribution >= 0.6 is 0 Å². The van der Waals surface area contributed by atoms with Crippen LogP contribution in [0.2, 0.25) is 0 Å². The van der Waals surface area contributed by atoms with Gasteiger partial charge in [-0.2, -0.15) is 26.3 Å². The molecule has 2 rings (SSSR count). The predicted molar refractivity (Wildman–Crippen MR) is 67.2 cm³/mol. The van der Waals surface area contributed by atoms with E-state index in [4.69, 9.17) is 0 Å². The van der Waals surface area contributed by atoms with Gasteiger partial charge in [0.15, 0.2) is 5.78 Å². The first-order valence-corrected chi connectivity index (χ1v) is 6.56. The van der Waals surface area contributed by atoms with E-state index in [0.29, 0.717) is 5.56 Å². The Morgan fingerprint density at radius 2 is 1.50 bits per heavy atom. The van der Waals surface area contributed by atoms with Gasteiger partial charge in [0.25, 0.3) is 0 Å². The molecule has 0 aromatic heterocycles. The van der Waals surface area contributed by atoms with Gasteiger partial charge in [-0.25, -0.2) is 0 Å². The molecule has 7 heteroatoms. The van der Waals surface area contributed by atoms with E-state index in [1.54, 1.807) is 30.3 Å². The Hall–Kier alpha value is -1.79. The van der Waals surface area contributed by atoms with Crippen molar-refractivity contribution in [3.05, 3.63) is 47.0 Å². The number of Topliss-reactive ketones (excluding diaryl/α,β-unsaturated/α-hetero) is 1. The van der Waals surface area contributed by atoms with Crippen molar-refractivity contribution in [2.24, 2.45) is 0 Å². The van der Waals surface area contributed by atoms with E-state index in [1.807, 2.05) is 0 Å². The summed E-state index contributed by atoms with van der Waals surface area (Å²) >= 11 is 0. The first kappa shape index (κ1) is 16.6. The molecule has 1 saturated carbocycles. The van der Waals surface area contributed by atoms with Crippen LogP contribution < -0.4 is 0 Å². The first-order chi connectivity index (χ1) is 10.1. The molecule has 1 aliphatic carbocycles. The Bertz CT molecular complexity index is 566. The number of allylic oxidation sites excluding steroid dienone is 2. The van der Waals surface area contributed by atoms with Crippen molar-refractivity contribution in [3.8, 4) is 0 Å². The molecule has 1 fully saturated rings. The molecule has 0 spiro atoms. The van der Waals surface area contributed by atoms with Gasteiger partial charge in [0.2, 0.25) is 0 Å². The van der Waals surface area contributed by atoms with Gasteiger partial charge >= 0.3 is 12.4 Å². The SMILES string of the molecule is O=C1CCC(c2ccccc2)CC1=C(C(F)(F)F)C(F)(F)F. The average Bonchev–Trinajstić information content (AvgIpc) is 2.39. The summed E-state index contributed by atoms with van der Waals surface area (Å²) in [6, 6.07) is 8.29. The molecule has 0 saturated heterocycles. The van der Waals surface area contributed by atoms with E-state index in [0.717, 1.165) is 0 Å². The highest BCUT2D eigenvalue weighted by atomic mass is 19.4. The van der Waals surface area contributed by atoms with E-state index in [2.05, 4.69) is 0 Å². The zero-order valence-electron chi connectivity index (χ0n) is 11.3. The zero-order valence-corrected chi connectivity index (χ0v) is 11.3. The second kappa shape index (κ2) is 5.78. The lowest BCUT2D eigenvalue weighted by Gasteiger charge is -2.27. The molecular weight excluding hydrogens is 310 g/mol. The van der Waals surface area contributed by atoms with Crippen LogP contribution in [0.4, 0.5) is 26.3 Å². The maximum atomic E-state index is 12.8. The number of halogens is 6. The van der Waals surface area contributed by atoms with Gasteiger partial charge in [0.1, 0.15) is 5.57 Å². The Kier molecular flexibility index (Phi) is 4.35. The molecule has 0 heterocycles. The fourth-order valence-corrected chi connectivity index (χ4v) is 2.67. The van der Waals surface area contributed by atoms with E-state index < -0.39 is 41.6 Å². The Morgan fingerprint density at radius 3 is 2.00 bits per heavy atom. The Morgan fingerprint density at radius 1 is 0.955 bits per heavy atom. The van der Waals surface area contributed by atoms with Crippen molar-refractivity contribution in [2.75, 3.05) is 0 Å². The van der Waals surface area contributed by atoms with Crippen molar-refractivity contribution in [2.45, 2.75) is 37.5 Å². The molecule has 22 heavy (non-hydrogen) atoms. The van der Waals surface area contributed by atoms with Crippen molar-refractivity contribution >= 4 is 5.78 Å². The molecule has 1 aromatic rings. The monoisotopic (exact) mass is 322 g/mol. The standard InChI is InChI=1S/C15H12F6O/c16-14(17,18)13(15(19,20)21)11-8-10(6-7-12(11)22)9-4-2-1-3-5-9/h1-5,10H,6-8H2.